The fraction of sp³-hybridized carbons (Fsp3) is 0.385. The van der Waals surface area contributed by atoms with Crippen molar-refractivity contribution >= 4 is 28.6 Å². The molecule has 2 aromatic rings. The van der Waals surface area contributed by atoms with Crippen LogP contribution in [0.15, 0.2) is 29.3 Å². The molecule has 0 unspecified atom stereocenters. The number of rotatable bonds is 6. The summed E-state index contributed by atoms with van der Waals surface area (Å²) in [6.07, 6.45) is 0.777. The number of hydrogen-bond acceptors (Lipinski definition) is 5. The van der Waals surface area contributed by atoms with E-state index in [0.717, 1.165) is 34.6 Å². The molecule has 0 aliphatic heterocycles. The minimum Gasteiger partial charge on any atom is -0.396 e. The van der Waals surface area contributed by atoms with Gasteiger partial charge in [-0.05, 0) is 19.4 Å². The van der Waals surface area contributed by atoms with Crippen molar-refractivity contribution in [3.63, 3.8) is 0 Å². The number of nitrogens with zero attached hydrogens (tertiary/aromatic N) is 2. The number of aromatic nitrogens is 2. The van der Waals surface area contributed by atoms with Crippen molar-refractivity contribution in [1.82, 2.24) is 9.97 Å². The lowest BCUT2D eigenvalue weighted by atomic mass is 10.2. The molecule has 1 aromatic carbocycles. The average molecular weight is 263 g/mol. The van der Waals surface area contributed by atoms with Crippen molar-refractivity contribution in [1.29, 1.82) is 0 Å². The molecule has 0 saturated heterocycles. The molecule has 2 rings (SSSR count). The van der Waals surface area contributed by atoms with E-state index in [-0.39, 0.29) is 6.61 Å². The van der Waals surface area contributed by atoms with Crippen LogP contribution in [0.3, 0.4) is 0 Å². The van der Waals surface area contributed by atoms with Crippen molar-refractivity contribution in [2.75, 3.05) is 24.2 Å². The summed E-state index contributed by atoms with van der Waals surface area (Å²) < 4.78 is 0. The zero-order valence-corrected chi connectivity index (χ0v) is 11.2. The van der Waals surface area contributed by atoms with Crippen molar-refractivity contribution in [3.05, 3.63) is 24.3 Å². The lowest BCUT2D eigenvalue weighted by Crippen LogP contribution is -2.03. The van der Waals surface area contributed by atoms with Crippen molar-refractivity contribution in [2.24, 2.45) is 0 Å². The quantitative estimate of drug-likeness (QED) is 0.476. The van der Waals surface area contributed by atoms with Gasteiger partial charge in [0.2, 0.25) is 5.95 Å². The molecule has 0 fully saturated rings. The van der Waals surface area contributed by atoms with E-state index in [1.54, 1.807) is 11.8 Å². The second kappa shape index (κ2) is 6.56. The first-order valence-corrected chi connectivity index (χ1v) is 7.08. The van der Waals surface area contributed by atoms with E-state index in [0.29, 0.717) is 5.95 Å². The number of para-hydroxylation sites is 1. The van der Waals surface area contributed by atoms with Gasteiger partial charge >= 0.3 is 0 Å². The van der Waals surface area contributed by atoms with Gasteiger partial charge in [0.25, 0.3) is 0 Å². The van der Waals surface area contributed by atoms with Gasteiger partial charge in [-0.1, -0.05) is 18.2 Å². The van der Waals surface area contributed by atoms with Crippen LogP contribution in [0.2, 0.25) is 0 Å². The molecule has 0 atom stereocenters. The van der Waals surface area contributed by atoms with Gasteiger partial charge in [0.05, 0.1) is 5.52 Å². The molecule has 0 aliphatic carbocycles. The van der Waals surface area contributed by atoms with E-state index in [1.807, 2.05) is 31.2 Å². The minimum absolute atomic E-state index is 0.218. The van der Waals surface area contributed by atoms with E-state index in [9.17, 15) is 0 Å². The normalized spacial score (nSPS) is 10.8. The van der Waals surface area contributed by atoms with Crippen LogP contribution >= 0.6 is 11.8 Å². The maximum Gasteiger partial charge on any atom is 0.224 e. The van der Waals surface area contributed by atoms with Crippen LogP contribution in [0.1, 0.15) is 13.3 Å². The first-order valence-electron chi connectivity index (χ1n) is 6.09. The number of hydrogen-bond donors (Lipinski definition) is 2. The lowest BCUT2D eigenvalue weighted by molar-refractivity contribution is 0.296. The van der Waals surface area contributed by atoms with Gasteiger partial charge in [0, 0.05) is 24.3 Å². The summed E-state index contributed by atoms with van der Waals surface area (Å²) >= 11 is 1.66. The Morgan fingerprint density at radius 3 is 2.89 bits per heavy atom. The van der Waals surface area contributed by atoms with E-state index in [1.165, 1.54) is 0 Å². The molecule has 18 heavy (non-hydrogen) atoms. The predicted molar refractivity (Wildman–Crippen MR) is 76.1 cm³/mol. The molecular formula is C13H17N3OS. The third-order valence-electron chi connectivity index (χ3n) is 2.44. The molecule has 0 spiro atoms. The number of nitrogens with one attached hydrogen (secondary N) is 1. The average Bonchev–Trinajstić information content (AvgIpc) is 2.39. The van der Waals surface area contributed by atoms with Crippen molar-refractivity contribution in [2.45, 2.75) is 18.4 Å². The summed E-state index contributed by atoms with van der Waals surface area (Å²) in [5, 5.41) is 14.0. The molecule has 5 heteroatoms. The number of aliphatic hydroxyl groups excluding tert-OH is 1. The van der Waals surface area contributed by atoms with Gasteiger partial charge < -0.3 is 10.4 Å². The summed E-state index contributed by atoms with van der Waals surface area (Å²) in [5.74, 6) is 1.53. The third kappa shape index (κ3) is 3.11. The molecule has 2 N–H and O–H groups in total. The SMILES string of the molecule is CCNc1nc(SCCCO)c2ccccc2n1. The number of fused-ring (bicyclic) bond motifs is 1. The number of thioether (sulfide) groups is 1. The number of aliphatic hydroxyl groups is 1. The van der Waals surface area contributed by atoms with Crippen LogP contribution in [0.4, 0.5) is 5.95 Å². The van der Waals surface area contributed by atoms with Gasteiger partial charge in [-0.3, -0.25) is 0 Å². The number of anilines is 1. The summed E-state index contributed by atoms with van der Waals surface area (Å²) in [7, 11) is 0. The highest BCUT2D eigenvalue weighted by Gasteiger charge is 2.07. The van der Waals surface area contributed by atoms with E-state index in [4.69, 9.17) is 5.11 Å². The second-order valence-corrected chi connectivity index (χ2v) is 4.91. The van der Waals surface area contributed by atoms with Crippen LogP contribution in [0.25, 0.3) is 10.9 Å². The Kier molecular flexibility index (Phi) is 4.78. The summed E-state index contributed by atoms with van der Waals surface area (Å²) in [6.45, 7) is 3.05. The second-order valence-electron chi connectivity index (χ2n) is 3.83. The van der Waals surface area contributed by atoms with Crippen LogP contribution in [0.5, 0.6) is 0 Å². The summed E-state index contributed by atoms with van der Waals surface area (Å²) in [5.41, 5.74) is 0.954. The third-order valence-corrected chi connectivity index (χ3v) is 3.52. The van der Waals surface area contributed by atoms with Gasteiger partial charge in [0.15, 0.2) is 0 Å². The van der Waals surface area contributed by atoms with Crippen molar-refractivity contribution in [3.8, 4) is 0 Å². The fourth-order valence-corrected chi connectivity index (χ4v) is 2.57. The van der Waals surface area contributed by atoms with Crippen molar-refractivity contribution < 1.29 is 5.11 Å². The van der Waals surface area contributed by atoms with E-state index in [2.05, 4.69) is 15.3 Å². The zero-order valence-electron chi connectivity index (χ0n) is 10.4. The Morgan fingerprint density at radius 1 is 1.28 bits per heavy atom. The standard InChI is InChI=1S/C13H17N3OS/c1-2-14-13-15-11-7-4-3-6-10(11)12(16-13)18-9-5-8-17/h3-4,6-7,17H,2,5,8-9H2,1H3,(H,14,15,16). The Labute approximate surface area is 111 Å². The van der Waals surface area contributed by atoms with Crippen LogP contribution < -0.4 is 5.32 Å². The zero-order chi connectivity index (χ0) is 12.8. The van der Waals surface area contributed by atoms with E-state index < -0.39 is 0 Å². The monoisotopic (exact) mass is 263 g/mol. The van der Waals surface area contributed by atoms with Crippen LogP contribution in [-0.2, 0) is 0 Å². The Bertz CT molecular complexity index is 519. The Balaban J connectivity index is 2.34. The molecule has 1 aromatic heterocycles. The molecule has 0 amide bonds. The molecule has 1 heterocycles. The minimum atomic E-state index is 0.218. The molecule has 96 valence electrons. The highest BCUT2D eigenvalue weighted by Crippen LogP contribution is 2.26. The topological polar surface area (TPSA) is 58.0 Å². The summed E-state index contributed by atoms with van der Waals surface area (Å²) in [6, 6.07) is 8.00. The molecular weight excluding hydrogens is 246 g/mol. The molecule has 0 bridgehead atoms. The van der Waals surface area contributed by atoms with E-state index >= 15 is 0 Å². The first kappa shape index (κ1) is 13.1. The fourth-order valence-electron chi connectivity index (χ4n) is 1.63. The lowest BCUT2D eigenvalue weighted by Gasteiger charge is -2.08. The molecule has 4 nitrogen and oxygen atoms in total. The predicted octanol–water partition coefficient (Wildman–Crippen LogP) is 2.54. The van der Waals surface area contributed by atoms with Crippen LogP contribution in [-0.4, -0.2) is 34.0 Å². The Morgan fingerprint density at radius 2 is 2.11 bits per heavy atom. The summed E-state index contributed by atoms with van der Waals surface area (Å²) in [4.78, 5) is 8.99. The molecule has 0 radical (unpaired) electrons. The highest BCUT2D eigenvalue weighted by atomic mass is 32.2. The molecule has 0 aliphatic rings. The largest absolute Gasteiger partial charge is 0.396 e. The van der Waals surface area contributed by atoms with Gasteiger partial charge in [0.1, 0.15) is 5.03 Å². The Hall–Kier alpha value is -1.33. The first-order chi connectivity index (χ1) is 8.85. The maximum atomic E-state index is 8.84. The van der Waals surface area contributed by atoms with Gasteiger partial charge in [-0.25, -0.2) is 9.97 Å². The smallest absolute Gasteiger partial charge is 0.224 e. The maximum absolute atomic E-state index is 8.84. The number of benzene rings is 1. The van der Waals surface area contributed by atoms with Gasteiger partial charge in [-0.2, -0.15) is 0 Å². The highest BCUT2D eigenvalue weighted by molar-refractivity contribution is 7.99. The van der Waals surface area contributed by atoms with Crippen LogP contribution in [0, 0.1) is 0 Å². The molecule has 0 saturated carbocycles. The van der Waals surface area contributed by atoms with Gasteiger partial charge in [-0.15, -0.1) is 11.8 Å².